The van der Waals surface area contributed by atoms with E-state index in [0.29, 0.717) is 23.4 Å². The van der Waals surface area contributed by atoms with Gasteiger partial charge in [-0.2, -0.15) is 10.4 Å². The summed E-state index contributed by atoms with van der Waals surface area (Å²) in [6.07, 6.45) is 1.94. The van der Waals surface area contributed by atoms with Gasteiger partial charge >= 0.3 is 5.97 Å². The molecule has 0 saturated heterocycles. The maximum absolute atomic E-state index is 12.8. The van der Waals surface area contributed by atoms with E-state index in [9.17, 15) is 14.7 Å². The van der Waals surface area contributed by atoms with Gasteiger partial charge < -0.3 is 10.4 Å². The van der Waals surface area contributed by atoms with Crippen LogP contribution in [0.3, 0.4) is 0 Å². The van der Waals surface area contributed by atoms with Gasteiger partial charge in [0.15, 0.2) is 5.69 Å². The number of aromatic nitrogens is 2. The van der Waals surface area contributed by atoms with Crippen LogP contribution in [0.2, 0.25) is 5.02 Å². The lowest BCUT2D eigenvalue weighted by Gasteiger charge is -2.27. The summed E-state index contributed by atoms with van der Waals surface area (Å²) in [5, 5.41) is 26.1. The number of nitrogens with zero attached hydrogens (tertiary/aromatic N) is 3. The summed E-state index contributed by atoms with van der Waals surface area (Å²) in [6.45, 7) is 5.78. The summed E-state index contributed by atoms with van der Waals surface area (Å²) in [7, 11) is 0. The van der Waals surface area contributed by atoms with Crippen molar-refractivity contribution in [3.05, 3.63) is 28.9 Å². The molecule has 7 nitrogen and oxygen atoms in total. The van der Waals surface area contributed by atoms with Crippen LogP contribution in [0.5, 0.6) is 0 Å². The Hall–Kier alpha value is -2.59. The molecule has 8 heteroatoms. The van der Waals surface area contributed by atoms with Crippen molar-refractivity contribution in [1.82, 2.24) is 15.1 Å². The quantitative estimate of drug-likeness (QED) is 0.702. The molecule has 144 valence electrons. The first-order valence-corrected chi connectivity index (χ1v) is 9.09. The van der Waals surface area contributed by atoms with Crippen molar-refractivity contribution >= 4 is 34.4 Å². The largest absolute Gasteiger partial charge is 0.480 e. The van der Waals surface area contributed by atoms with Crippen LogP contribution in [0, 0.1) is 16.7 Å². The minimum absolute atomic E-state index is 0.142. The third-order valence-corrected chi connectivity index (χ3v) is 4.46. The van der Waals surface area contributed by atoms with Gasteiger partial charge in [-0.15, -0.1) is 0 Å². The molecule has 1 heterocycles. The lowest BCUT2D eigenvalue weighted by Crippen LogP contribution is -2.49. The van der Waals surface area contributed by atoms with Crippen molar-refractivity contribution in [3.63, 3.8) is 0 Å². The number of carbonyl (C=O) groups excluding carboxylic acids is 1. The second kappa shape index (κ2) is 8.40. The summed E-state index contributed by atoms with van der Waals surface area (Å²) in [5.74, 6) is -1.66. The number of nitriles is 1. The highest BCUT2D eigenvalue weighted by Crippen LogP contribution is 2.25. The van der Waals surface area contributed by atoms with E-state index >= 15 is 0 Å². The number of amides is 1. The number of carboxylic acids is 1. The fourth-order valence-corrected chi connectivity index (χ4v) is 2.98. The van der Waals surface area contributed by atoms with E-state index in [0.717, 1.165) is 18.4 Å². The van der Waals surface area contributed by atoms with Crippen LogP contribution >= 0.6 is 11.6 Å². The highest BCUT2D eigenvalue weighted by Gasteiger charge is 2.33. The molecule has 0 spiro atoms. The highest BCUT2D eigenvalue weighted by atomic mass is 35.5. The summed E-state index contributed by atoms with van der Waals surface area (Å²) in [5.41, 5.74) is 0.224. The van der Waals surface area contributed by atoms with Gasteiger partial charge in [-0.05, 0) is 36.5 Å². The van der Waals surface area contributed by atoms with E-state index in [1.807, 2.05) is 0 Å². The van der Waals surface area contributed by atoms with Crippen LogP contribution in [0.25, 0.3) is 10.9 Å². The average Bonchev–Trinajstić information content (AvgIpc) is 2.93. The Balaban J connectivity index is 2.36. The van der Waals surface area contributed by atoms with Crippen molar-refractivity contribution in [1.29, 1.82) is 5.26 Å². The molecule has 0 unspecified atom stereocenters. The van der Waals surface area contributed by atoms with E-state index in [1.54, 1.807) is 43.7 Å². The Labute approximate surface area is 162 Å². The smallest absolute Gasteiger partial charge is 0.326 e. The number of benzene rings is 1. The minimum Gasteiger partial charge on any atom is -0.480 e. The van der Waals surface area contributed by atoms with Gasteiger partial charge in [0, 0.05) is 23.4 Å². The Morgan fingerprint density at radius 3 is 2.67 bits per heavy atom. The molecule has 2 aromatic rings. The van der Waals surface area contributed by atoms with Gasteiger partial charge in [0.2, 0.25) is 0 Å². The maximum Gasteiger partial charge on any atom is 0.326 e. The second-order valence-corrected chi connectivity index (χ2v) is 7.90. The normalized spacial score (nSPS) is 12.6. The molecular weight excluding hydrogens is 368 g/mol. The molecule has 0 bridgehead atoms. The molecule has 1 atom stereocenters. The van der Waals surface area contributed by atoms with E-state index in [-0.39, 0.29) is 5.69 Å². The molecule has 1 aromatic heterocycles. The van der Waals surface area contributed by atoms with Gasteiger partial charge in [0.05, 0.1) is 11.6 Å². The topological polar surface area (TPSA) is 108 Å². The predicted molar refractivity (Wildman–Crippen MR) is 103 cm³/mol. The zero-order chi connectivity index (χ0) is 20.2. The van der Waals surface area contributed by atoms with Crippen LogP contribution in [0.15, 0.2) is 18.2 Å². The maximum atomic E-state index is 12.8. The fourth-order valence-electron chi connectivity index (χ4n) is 2.80. The molecule has 2 rings (SSSR count). The molecule has 2 N–H and O–H groups in total. The molecule has 0 saturated carbocycles. The molecule has 0 aliphatic carbocycles. The zero-order valence-electron chi connectivity index (χ0n) is 15.6. The number of carboxylic acid groups (broad SMARTS) is 1. The van der Waals surface area contributed by atoms with E-state index in [4.69, 9.17) is 16.9 Å². The summed E-state index contributed by atoms with van der Waals surface area (Å²) < 4.78 is 1.70. The van der Waals surface area contributed by atoms with Crippen molar-refractivity contribution in [3.8, 4) is 6.07 Å². The van der Waals surface area contributed by atoms with Crippen LogP contribution in [0.4, 0.5) is 0 Å². The standard InChI is InChI=1S/C19H23ClN4O3/c1-19(2,3)16(18(26)27)22-17(25)15-13-11-12(20)7-8-14(13)24(23-15)10-6-4-5-9-21/h7-8,11,16H,4-6,10H2,1-3H3,(H,22,25)(H,26,27)/t16-/m1/s1. The number of aryl methyl sites for hydroxylation is 1. The van der Waals surface area contributed by atoms with Gasteiger partial charge in [-0.1, -0.05) is 32.4 Å². The Morgan fingerprint density at radius 2 is 2.07 bits per heavy atom. The SMILES string of the molecule is CC(C)(C)[C@H](NC(=O)c1nn(CCCCC#N)c2ccc(Cl)cc12)C(=O)O. The number of rotatable bonds is 7. The molecule has 0 radical (unpaired) electrons. The second-order valence-electron chi connectivity index (χ2n) is 7.46. The third-order valence-electron chi connectivity index (χ3n) is 4.22. The van der Waals surface area contributed by atoms with Gasteiger partial charge in [0.1, 0.15) is 6.04 Å². The van der Waals surface area contributed by atoms with Crippen LogP contribution in [-0.2, 0) is 11.3 Å². The first kappa shape index (κ1) is 20.7. The number of carbonyl (C=O) groups is 2. The number of unbranched alkanes of at least 4 members (excludes halogenated alkanes) is 2. The third kappa shape index (κ3) is 4.98. The molecular formula is C19H23ClN4O3. The number of hydrogen-bond acceptors (Lipinski definition) is 4. The van der Waals surface area contributed by atoms with Crippen molar-refractivity contribution in [2.24, 2.45) is 5.41 Å². The lowest BCUT2D eigenvalue weighted by molar-refractivity contribution is -0.142. The molecule has 0 aliphatic heterocycles. The number of nitrogens with one attached hydrogen (secondary N) is 1. The summed E-state index contributed by atoms with van der Waals surface area (Å²) >= 11 is 6.08. The number of fused-ring (bicyclic) bond motifs is 1. The molecule has 0 aliphatic rings. The summed E-state index contributed by atoms with van der Waals surface area (Å²) in [4.78, 5) is 24.3. The lowest BCUT2D eigenvalue weighted by atomic mass is 9.86. The predicted octanol–water partition coefficient (Wildman–Crippen LogP) is 3.61. The summed E-state index contributed by atoms with van der Waals surface area (Å²) in [6, 6.07) is 6.19. The van der Waals surface area contributed by atoms with Gasteiger partial charge in [-0.3, -0.25) is 9.48 Å². The van der Waals surface area contributed by atoms with E-state index in [2.05, 4.69) is 16.5 Å². The van der Waals surface area contributed by atoms with Crippen LogP contribution in [-0.4, -0.2) is 32.8 Å². The molecule has 1 aromatic carbocycles. The van der Waals surface area contributed by atoms with Gasteiger partial charge in [0.25, 0.3) is 5.91 Å². The van der Waals surface area contributed by atoms with Crippen molar-refractivity contribution in [2.45, 2.75) is 52.6 Å². The van der Waals surface area contributed by atoms with Crippen molar-refractivity contribution < 1.29 is 14.7 Å². The Bertz CT molecular complexity index is 893. The monoisotopic (exact) mass is 390 g/mol. The van der Waals surface area contributed by atoms with E-state index < -0.39 is 23.3 Å². The van der Waals surface area contributed by atoms with Crippen LogP contribution in [0.1, 0.15) is 50.5 Å². The number of halogens is 1. The first-order chi connectivity index (χ1) is 12.6. The minimum atomic E-state index is -1.10. The molecule has 1 amide bonds. The Morgan fingerprint density at radius 1 is 1.37 bits per heavy atom. The Kier molecular flexibility index (Phi) is 6.45. The van der Waals surface area contributed by atoms with Crippen molar-refractivity contribution in [2.75, 3.05) is 0 Å². The first-order valence-electron chi connectivity index (χ1n) is 8.72. The number of hydrogen-bond donors (Lipinski definition) is 2. The fraction of sp³-hybridized carbons (Fsp3) is 0.474. The van der Waals surface area contributed by atoms with Crippen LogP contribution < -0.4 is 5.32 Å². The zero-order valence-corrected chi connectivity index (χ0v) is 16.4. The van der Waals surface area contributed by atoms with Gasteiger partial charge in [-0.25, -0.2) is 4.79 Å². The molecule has 0 fully saturated rings. The number of aliphatic carboxylic acids is 1. The van der Waals surface area contributed by atoms with E-state index in [1.165, 1.54) is 0 Å². The average molecular weight is 391 g/mol. The highest BCUT2D eigenvalue weighted by molar-refractivity contribution is 6.31. The molecule has 27 heavy (non-hydrogen) atoms.